The lowest BCUT2D eigenvalue weighted by molar-refractivity contribution is -0.142. The largest absolute Gasteiger partial charge is 0.493 e. The van der Waals surface area contributed by atoms with Gasteiger partial charge in [0, 0.05) is 30.8 Å². The Morgan fingerprint density at radius 2 is 1.81 bits per heavy atom. The first-order chi connectivity index (χ1) is 14.7. The molecule has 1 N–H and O–H groups in total. The van der Waals surface area contributed by atoms with Crippen molar-refractivity contribution in [2.45, 2.75) is 40.0 Å². The van der Waals surface area contributed by atoms with E-state index in [1.807, 2.05) is 43.9 Å². The van der Waals surface area contributed by atoms with Crippen molar-refractivity contribution >= 4 is 28.3 Å². The van der Waals surface area contributed by atoms with Crippen LogP contribution in [0.4, 0.5) is 5.13 Å². The molecule has 0 spiro atoms. The normalized spacial score (nSPS) is 14.9. The lowest BCUT2D eigenvalue weighted by atomic mass is 9.91. The molecule has 1 aromatic heterocycles. The number of nitrogens with one attached hydrogen (secondary N) is 1. The van der Waals surface area contributed by atoms with Crippen LogP contribution in [0.5, 0.6) is 11.5 Å². The number of nitrogens with zero attached hydrogens (tertiary/aromatic N) is 3. The summed E-state index contributed by atoms with van der Waals surface area (Å²) in [5.41, 5.74) is 0.619. The molecule has 31 heavy (non-hydrogen) atoms. The summed E-state index contributed by atoms with van der Waals surface area (Å²) in [5.74, 6) is 1.29. The van der Waals surface area contributed by atoms with E-state index in [9.17, 15) is 9.59 Å². The minimum Gasteiger partial charge on any atom is -0.493 e. The fraction of sp³-hybridized carbons (Fsp3) is 0.545. The molecule has 0 atom stereocenters. The first kappa shape index (κ1) is 23.0. The SMILES string of the molecule is COc1ccc(Cc2nnc(NC(=O)C3CCN(C(=O)C(C)(C)C)CC3)s2)cc1OC. The van der Waals surface area contributed by atoms with E-state index in [2.05, 4.69) is 15.5 Å². The molecule has 0 bridgehead atoms. The smallest absolute Gasteiger partial charge is 0.229 e. The fourth-order valence-electron chi connectivity index (χ4n) is 3.57. The van der Waals surface area contributed by atoms with Crippen molar-refractivity contribution in [3.05, 3.63) is 28.8 Å². The van der Waals surface area contributed by atoms with Crippen LogP contribution in [0.25, 0.3) is 0 Å². The van der Waals surface area contributed by atoms with Crippen molar-refractivity contribution in [1.82, 2.24) is 15.1 Å². The van der Waals surface area contributed by atoms with Gasteiger partial charge in [-0.2, -0.15) is 0 Å². The molecule has 2 heterocycles. The highest BCUT2D eigenvalue weighted by Gasteiger charge is 2.32. The Kier molecular flexibility index (Phi) is 7.15. The molecule has 1 aliphatic heterocycles. The molecule has 0 unspecified atom stereocenters. The summed E-state index contributed by atoms with van der Waals surface area (Å²) in [7, 11) is 3.20. The zero-order valence-electron chi connectivity index (χ0n) is 18.7. The van der Waals surface area contributed by atoms with Crippen LogP contribution in [0.2, 0.25) is 0 Å². The maximum absolute atomic E-state index is 12.7. The van der Waals surface area contributed by atoms with Crippen LogP contribution in [-0.4, -0.2) is 54.2 Å². The highest BCUT2D eigenvalue weighted by Crippen LogP contribution is 2.30. The number of hydrogen-bond acceptors (Lipinski definition) is 7. The summed E-state index contributed by atoms with van der Waals surface area (Å²) in [6.45, 7) is 6.97. The summed E-state index contributed by atoms with van der Waals surface area (Å²) < 4.78 is 10.6. The van der Waals surface area contributed by atoms with Gasteiger partial charge in [-0.1, -0.05) is 38.2 Å². The number of rotatable bonds is 6. The van der Waals surface area contributed by atoms with E-state index in [4.69, 9.17) is 9.47 Å². The Morgan fingerprint density at radius 3 is 2.42 bits per heavy atom. The maximum Gasteiger partial charge on any atom is 0.229 e. The van der Waals surface area contributed by atoms with E-state index >= 15 is 0 Å². The van der Waals surface area contributed by atoms with E-state index in [0.29, 0.717) is 49.0 Å². The van der Waals surface area contributed by atoms with Crippen molar-refractivity contribution in [2.75, 3.05) is 32.6 Å². The number of likely N-dealkylation sites (tertiary alicyclic amines) is 1. The second-order valence-corrected chi connectivity index (χ2v) is 9.73. The number of benzene rings is 1. The summed E-state index contributed by atoms with van der Waals surface area (Å²) >= 11 is 1.36. The number of amides is 2. The highest BCUT2D eigenvalue weighted by molar-refractivity contribution is 7.15. The van der Waals surface area contributed by atoms with Gasteiger partial charge in [0.05, 0.1) is 14.2 Å². The molecule has 0 saturated carbocycles. The third kappa shape index (κ3) is 5.72. The number of hydrogen-bond donors (Lipinski definition) is 1. The zero-order chi connectivity index (χ0) is 22.6. The van der Waals surface area contributed by atoms with E-state index in [-0.39, 0.29) is 17.7 Å². The summed E-state index contributed by atoms with van der Waals surface area (Å²) in [5, 5.41) is 12.5. The summed E-state index contributed by atoms with van der Waals surface area (Å²) in [6, 6.07) is 5.72. The molecular formula is C22H30N4O4S. The predicted molar refractivity (Wildman–Crippen MR) is 120 cm³/mol. The number of aromatic nitrogens is 2. The molecule has 9 heteroatoms. The van der Waals surface area contributed by atoms with Crippen molar-refractivity contribution in [2.24, 2.45) is 11.3 Å². The van der Waals surface area contributed by atoms with Crippen LogP contribution < -0.4 is 14.8 Å². The van der Waals surface area contributed by atoms with Crippen molar-refractivity contribution in [1.29, 1.82) is 0 Å². The van der Waals surface area contributed by atoms with E-state index in [1.165, 1.54) is 11.3 Å². The van der Waals surface area contributed by atoms with Crippen molar-refractivity contribution in [3.63, 3.8) is 0 Å². The number of methoxy groups -OCH3 is 2. The molecule has 1 aromatic carbocycles. The Labute approximate surface area is 186 Å². The second-order valence-electron chi connectivity index (χ2n) is 8.67. The molecule has 2 amide bonds. The van der Waals surface area contributed by atoms with Gasteiger partial charge in [-0.3, -0.25) is 9.59 Å². The molecule has 0 aliphatic carbocycles. The molecule has 8 nitrogen and oxygen atoms in total. The monoisotopic (exact) mass is 446 g/mol. The van der Waals surface area contributed by atoms with Gasteiger partial charge in [0.1, 0.15) is 5.01 Å². The summed E-state index contributed by atoms with van der Waals surface area (Å²) in [6.07, 6.45) is 1.90. The average Bonchev–Trinajstić information content (AvgIpc) is 3.19. The number of ether oxygens (including phenoxy) is 2. The van der Waals surface area contributed by atoms with E-state index in [0.717, 1.165) is 10.6 Å². The van der Waals surface area contributed by atoms with Gasteiger partial charge in [0.2, 0.25) is 16.9 Å². The Morgan fingerprint density at radius 1 is 1.13 bits per heavy atom. The molecule has 1 aliphatic rings. The van der Waals surface area contributed by atoms with Gasteiger partial charge in [-0.25, -0.2) is 0 Å². The van der Waals surface area contributed by atoms with Crippen molar-refractivity contribution < 1.29 is 19.1 Å². The Hall–Kier alpha value is -2.68. The van der Waals surface area contributed by atoms with Crippen LogP contribution in [-0.2, 0) is 16.0 Å². The quantitative estimate of drug-likeness (QED) is 0.731. The zero-order valence-corrected chi connectivity index (χ0v) is 19.5. The Balaban J connectivity index is 1.54. The topological polar surface area (TPSA) is 93.7 Å². The second kappa shape index (κ2) is 9.64. The van der Waals surface area contributed by atoms with Gasteiger partial charge >= 0.3 is 0 Å². The van der Waals surface area contributed by atoms with E-state index < -0.39 is 5.41 Å². The third-order valence-electron chi connectivity index (χ3n) is 5.29. The van der Waals surface area contributed by atoms with Crippen LogP contribution >= 0.6 is 11.3 Å². The predicted octanol–water partition coefficient (Wildman–Crippen LogP) is 3.37. The molecule has 168 valence electrons. The van der Waals surface area contributed by atoms with Gasteiger partial charge in [0.15, 0.2) is 11.5 Å². The highest BCUT2D eigenvalue weighted by atomic mass is 32.1. The molecular weight excluding hydrogens is 416 g/mol. The number of piperidine rings is 1. The molecule has 2 aromatic rings. The lowest BCUT2D eigenvalue weighted by Gasteiger charge is -2.35. The van der Waals surface area contributed by atoms with Gasteiger partial charge in [0.25, 0.3) is 0 Å². The minimum atomic E-state index is -0.397. The van der Waals surface area contributed by atoms with Crippen LogP contribution in [0.15, 0.2) is 18.2 Å². The van der Waals surface area contributed by atoms with Gasteiger partial charge in [-0.05, 0) is 30.5 Å². The minimum absolute atomic E-state index is 0.0586. The number of anilines is 1. The van der Waals surface area contributed by atoms with Crippen molar-refractivity contribution in [3.8, 4) is 11.5 Å². The molecule has 0 radical (unpaired) electrons. The molecule has 1 fully saturated rings. The van der Waals surface area contributed by atoms with Crippen LogP contribution in [0, 0.1) is 11.3 Å². The summed E-state index contributed by atoms with van der Waals surface area (Å²) in [4.78, 5) is 26.9. The average molecular weight is 447 g/mol. The molecule has 3 rings (SSSR count). The maximum atomic E-state index is 12.7. The Bertz CT molecular complexity index is 930. The van der Waals surface area contributed by atoms with Gasteiger partial charge in [-0.15, -0.1) is 10.2 Å². The molecule has 1 saturated heterocycles. The van der Waals surface area contributed by atoms with Crippen LogP contribution in [0.1, 0.15) is 44.2 Å². The van der Waals surface area contributed by atoms with Crippen LogP contribution in [0.3, 0.4) is 0 Å². The first-order valence-electron chi connectivity index (χ1n) is 10.3. The van der Waals surface area contributed by atoms with Gasteiger partial charge < -0.3 is 19.7 Å². The number of carbonyl (C=O) groups is 2. The first-order valence-corrected chi connectivity index (χ1v) is 11.2. The third-order valence-corrected chi connectivity index (χ3v) is 6.13. The lowest BCUT2D eigenvalue weighted by Crippen LogP contribution is -2.45. The van der Waals surface area contributed by atoms with E-state index in [1.54, 1.807) is 14.2 Å². The standard InChI is InChI=1S/C22H30N4O4S/c1-22(2,3)20(28)26-10-8-15(9-11-26)19(27)23-21-25-24-18(31-21)13-14-6-7-16(29-4)17(12-14)30-5/h6-7,12,15H,8-11,13H2,1-5H3,(H,23,25,27). The number of carbonyl (C=O) groups excluding carboxylic acids is 2. The fourth-order valence-corrected chi connectivity index (χ4v) is 4.34.